The van der Waals surface area contributed by atoms with Crippen LogP contribution in [-0.2, 0) is 6.42 Å². The van der Waals surface area contributed by atoms with Crippen molar-refractivity contribution < 1.29 is 4.74 Å². The maximum Gasteiger partial charge on any atom is 0.125 e. The molecule has 0 bridgehead atoms. The van der Waals surface area contributed by atoms with Crippen molar-refractivity contribution >= 4 is 0 Å². The van der Waals surface area contributed by atoms with Gasteiger partial charge in [0.2, 0.25) is 0 Å². The highest BCUT2D eigenvalue weighted by Gasteiger charge is 2.11. The summed E-state index contributed by atoms with van der Waals surface area (Å²) in [5, 5.41) is 0. The van der Waals surface area contributed by atoms with Gasteiger partial charge in [-0.2, -0.15) is 0 Å². The molecule has 0 spiro atoms. The van der Waals surface area contributed by atoms with Gasteiger partial charge in [0.1, 0.15) is 5.75 Å². The van der Waals surface area contributed by atoms with Gasteiger partial charge in [0.15, 0.2) is 0 Å². The molecule has 3 heteroatoms. The molecule has 108 valence electrons. The van der Waals surface area contributed by atoms with E-state index in [2.05, 4.69) is 32.9 Å². The van der Waals surface area contributed by atoms with Crippen molar-refractivity contribution in [3.8, 4) is 5.75 Å². The summed E-state index contributed by atoms with van der Waals surface area (Å²) in [5.41, 5.74) is 15.2. The van der Waals surface area contributed by atoms with Crippen molar-refractivity contribution in [1.82, 2.24) is 0 Å². The second-order valence-corrected chi connectivity index (χ2v) is 5.29. The number of ether oxygens (including phenoxy) is 1. The maximum atomic E-state index is 5.91. The molecular formula is C16H28N2O. The first-order valence-electron chi connectivity index (χ1n) is 7.25. The zero-order valence-electron chi connectivity index (χ0n) is 12.5. The molecule has 0 radical (unpaired) electrons. The van der Waals surface area contributed by atoms with Gasteiger partial charge in [-0.15, -0.1) is 0 Å². The molecule has 0 aromatic heterocycles. The number of aryl methyl sites for hydroxylation is 3. The average Bonchev–Trinajstić information content (AvgIpc) is 2.38. The van der Waals surface area contributed by atoms with E-state index >= 15 is 0 Å². The Bertz CT molecular complexity index is 387. The van der Waals surface area contributed by atoms with Crippen molar-refractivity contribution in [1.29, 1.82) is 0 Å². The Hall–Kier alpha value is -1.06. The van der Waals surface area contributed by atoms with Gasteiger partial charge in [0.05, 0.1) is 6.61 Å². The van der Waals surface area contributed by atoms with Gasteiger partial charge in [0, 0.05) is 0 Å². The summed E-state index contributed by atoms with van der Waals surface area (Å²) in [7, 11) is 0. The van der Waals surface area contributed by atoms with Crippen LogP contribution in [0, 0.1) is 19.8 Å². The molecule has 19 heavy (non-hydrogen) atoms. The molecule has 1 aromatic rings. The lowest BCUT2D eigenvalue weighted by Crippen LogP contribution is -2.23. The first kappa shape index (κ1) is 16.0. The van der Waals surface area contributed by atoms with Crippen LogP contribution >= 0.6 is 0 Å². The third kappa shape index (κ3) is 4.84. The van der Waals surface area contributed by atoms with Crippen molar-refractivity contribution in [3.05, 3.63) is 28.8 Å². The summed E-state index contributed by atoms with van der Waals surface area (Å²) >= 11 is 0. The Labute approximate surface area is 117 Å². The zero-order valence-corrected chi connectivity index (χ0v) is 12.5. The molecule has 0 saturated carbocycles. The van der Waals surface area contributed by atoms with Crippen LogP contribution in [-0.4, -0.2) is 19.7 Å². The Kier molecular flexibility index (Phi) is 6.89. The highest BCUT2D eigenvalue weighted by molar-refractivity contribution is 5.44. The van der Waals surface area contributed by atoms with Crippen LogP contribution in [0.25, 0.3) is 0 Å². The molecule has 0 amide bonds. The van der Waals surface area contributed by atoms with Crippen molar-refractivity contribution in [3.63, 3.8) is 0 Å². The second-order valence-electron chi connectivity index (χ2n) is 5.29. The van der Waals surface area contributed by atoms with E-state index in [0.717, 1.165) is 31.6 Å². The number of hydrogen-bond acceptors (Lipinski definition) is 3. The summed E-state index contributed by atoms with van der Waals surface area (Å²) < 4.78 is 5.91. The van der Waals surface area contributed by atoms with E-state index in [9.17, 15) is 0 Å². The van der Waals surface area contributed by atoms with Crippen LogP contribution in [0.3, 0.4) is 0 Å². The Morgan fingerprint density at radius 1 is 1.16 bits per heavy atom. The van der Waals surface area contributed by atoms with Crippen LogP contribution in [0.1, 0.15) is 36.5 Å². The second kappa shape index (κ2) is 8.18. The van der Waals surface area contributed by atoms with E-state index in [0.29, 0.717) is 19.0 Å². The smallest absolute Gasteiger partial charge is 0.125 e. The Balaban J connectivity index is 2.84. The van der Waals surface area contributed by atoms with Gasteiger partial charge in [-0.1, -0.05) is 24.6 Å². The maximum absolute atomic E-state index is 5.91. The fourth-order valence-corrected chi connectivity index (χ4v) is 2.33. The van der Waals surface area contributed by atoms with E-state index in [-0.39, 0.29) is 0 Å². The summed E-state index contributed by atoms with van der Waals surface area (Å²) in [6.45, 7) is 8.46. The zero-order chi connectivity index (χ0) is 14.3. The number of benzene rings is 1. The number of hydrogen-bond donors (Lipinski definition) is 2. The number of nitrogens with two attached hydrogens (primary N) is 2. The largest absolute Gasteiger partial charge is 0.493 e. The fraction of sp³-hybridized carbons (Fsp3) is 0.625. The molecule has 0 unspecified atom stereocenters. The lowest BCUT2D eigenvalue weighted by Gasteiger charge is -2.17. The third-order valence-corrected chi connectivity index (χ3v) is 3.44. The molecule has 0 heterocycles. The molecule has 1 aromatic carbocycles. The normalized spacial score (nSPS) is 11.1. The summed E-state index contributed by atoms with van der Waals surface area (Å²) in [6, 6.07) is 4.40. The molecule has 0 fully saturated rings. The molecule has 0 aliphatic heterocycles. The van der Waals surface area contributed by atoms with Crippen LogP contribution in [0.4, 0.5) is 0 Å². The Morgan fingerprint density at radius 2 is 1.84 bits per heavy atom. The minimum atomic E-state index is 0.403. The van der Waals surface area contributed by atoms with Gasteiger partial charge in [-0.25, -0.2) is 0 Å². The van der Waals surface area contributed by atoms with E-state index < -0.39 is 0 Å². The number of rotatable bonds is 8. The molecule has 4 N–H and O–H groups in total. The van der Waals surface area contributed by atoms with Gasteiger partial charge in [0.25, 0.3) is 0 Å². The molecule has 3 nitrogen and oxygen atoms in total. The SMILES string of the molecule is CCCOc1c(C)cc(C)cc1CCC(CN)CN. The first-order valence-corrected chi connectivity index (χ1v) is 7.25. The average molecular weight is 264 g/mol. The summed E-state index contributed by atoms with van der Waals surface area (Å²) in [5.74, 6) is 1.46. The summed E-state index contributed by atoms with van der Waals surface area (Å²) in [4.78, 5) is 0. The highest BCUT2D eigenvalue weighted by atomic mass is 16.5. The van der Waals surface area contributed by atoms with Crippen LogP contribution in [0.15, 0.2) is 12.1 Å². The predicted octanol–water partition coefficient (Wildman–Crippen LogP) is 2.56. The fourth-order valence-electron chi connectivity index (χ4n) is 2.33. The monoisotopic (exact) mass is 264 g/mol. The van der Waals surface area contributed by atoms with Gasteiger partial charge in [-0.3, -0.25) is 0 Å². The molecule has 0 atom stereocenters. The summed E-state index contributed by atoms with van der Waals surface area (Å²) in [6.07, 6.45) is 3.04. The van der Waals surface area contributed by atoms with Crippen LogP contribution in [0.2, 0.25) is 0 Å². The topological polar surface area (TPSA) is 61.3 Å². The predicted molar refractivity (Wildman–Crippen MR) is 81.6 cm³/mol. The molecule has 0 aliphatic carbocycles. The van der Waals surface area contributed by atoms with E-state index in [4.69, 9.17) is 16.2 Å². The van der Waals surface area contributed by atoms with E-state index in [1.807, 2.05) is 0 Å². The third-order valence-electron chi connectivity index (χ3n) is 3.44. The minimum absolute atomic E-state index is 0.403. The minimum Gasteiger partial charge on any atom is -0.493 e. The highest BCUT2D eigenvalue weighted by Crippen LogP contribution is 2.27. The first-order chi connectivity index (χ1) is 9.12. The molecule has 1 rings (SSSR count). The van der Waals surface area contributed by atoms with E-state index in [1.54, 1.807) is 0 Å². The molecular weight excluding hydrogens is 236 g/mol. The van der Waals surface area contributed by atoms with Gasteiger partial charge in [-0.05, 0) is 63.2 Å². The van der Waals surface area contributed by atoms with Crippen LogP contribution < -0.4 is 16.2 Å². The lowest BCUT2D eigenvalue weighted by molar-refractivity contribution is 0.311. The lowest BCUT2D eigenvalue weighted by atomic mass is 9.96. The Morgan fingerprint density at radius 3 is 2.42 bits per heavy atom. The molecule has 0 aliphatic rings. The van der Waals surface area contributed by atoms with Gasteiger partial charge >= 0.3 is 0 Å². The van der Waals surface area contributed by atoms with E-state index in [1.165, 1.54) is 16.7 Å². The molecule has 0 saturated heterocycles. The van der Waals surface area contributed by atoms with Crippen molar-refractivity contribution in [2.24, 2.45) is 17.4 Å². The van der Waals surface area contributed by atoms with Gasteiger partial charge < -0.3 is 16.2 Å². The quantitative estimate of drug-likeness (QED) is 0.758. The van der Waals surface area contributed by atoms with Crippen molar-refractivity contribution in [2.45, 2.75) is 40.0 Å². The standard InChI is InChI=1S/C16H28N2O/c1-4-7-19-16-13(3)8-12(2)9-15(16)6-5-14(10-17)11-18/h8-9,14H,4-7,10-11,17-18H2,1-3H3. The van der Waals surface area contributed by atoms with Crippen LogP contribution in [0.5, 0.6) is 5.75 Å². The van der Waals surface area contributed by atoms with Crippen molar-refractivity contribution in [2.75, 3.05) is 19.7 Å².